The van der Waals surface area contributed by atoms with Crippen molar-refractivity contribution in [2.45, 2.75) is 17.6 Å². The first-order valence-electron chi connectivity index (χ1n) is 10.1. The average molecular weight is 503 g/mol. The van der Waals surface area contributed by atoms with Crippen LogP contribution in [0.3, 0.4) is 0 Å². The summed E-state index contributed by atoms with van der Waals surface area (Å²) in [5.74, 6) is -0.620. The highest BCUT2D eigenvalue weighted by atomic mass is 35.5. The van der Waals surface area contributed by atoms with Gasteiger partial charge in [-0.05, 0) is 53.6 Å². The van der Waals surface area contributed by atoms with Crippen LogP contribution in [0.1, 0.15) is 27.0 Å². The highest BCUT2D eigenvalue weighted by Crippen LogP contribution is 2.42. The van der Waals surface area contributed by atoms with Crippen LogP contribution in [0.25, 0.3) is 6.08 Å². The molecule has 34 heavy (non-hydrogen) atoms. The minimum atomic E-state index is -4.42. The molecule has 1 heterocycles. The highest BCUT2D eigenvalue weighted by Gasteiger charge is 2.30. The van der Waals surface area contributed by atoms with Gasteiger partial charge in [-0.1, -0.05) is 53.7 Å². The standard InChI is InChI=1S/C25H18ClF3N2O2S/c1-31-20-13-16(23(32)30-14-17-4-2-3-5-19(17)26)8-11-21(20)34-22(24(31)33)12-15-6-9-18(10-7-15)25(27,28)29/h2-13H,14H2,1H3,(H,30,32). The molecule has 1 N–H and O–H groups in total. The van der Waals surface area contributed by atoms with Gasteiger partial charge in [0, 0.05) is 29.1 Å². The molecule has 1 aliphatic heterocycles. The Hall–Kier alpha value is -3.23. The summed E-state index contributed by atoms with van der Waals surface area (Å²) in [5, 5.41) is 3.38. The summed E-state index contributed by atoms with van der Waals surface area (Å²) in [6.07, 6.45) is -2.87. The van der Waals surface area contributed by atoms with Crippen molar-refractivity contribution in [2.24, 2.45) is 0 Å². The molecule has 0 aromatic heterocycles. The van der Waals surface area contributed by atoms with Gasteiger partial charge < -0.3 is 10.2 Å². The van der Waals surface area contributed by atoms with Crippen LogP contribution in [0, 0.1) is 0 Å². The van der Waals surface area contributed by atoms with Crippen LogP contribution in [0.2, 0.25) is 5.02 Å². The summed E-state index contributed by atoms with van der Waals surface area (Å²) >= 11 is 7.33. The van der Waals surface area contributed by atoms with Crippen molar-refractivity contribution in [1.29, 1.82) is 0 Å². The van der Waals surface area contributed by atoms with E-state index in [1.165, 1.54) is 28.8 Å². The molecule has 2 amide bonds. The molecule has 4 nitrogen and oxygen atoms in total. The lowest BCUT2D eigenvalue weighted by atomic mass is 10.1. The zero-order valence-electron chi connectivity index (χ0n) is 17.8. The SMILES string of the molecule is CN1C(=O)C(=Cc2ccc(C(F)(F)F)cc2)Sc2ccc(C(=O)NCc3ccccc3Cl)cc21. The summed E-state index contributed by atoms with van der Waals surface area (Å²) in [4.78, 5) is 28.1. The number of amides is 2. The molecule has 0 fully saturated rings. The third-order valence-electron chi connectivity index (χ3n) is 5.25. The Kier molecular flexibility index (Phi) is 6.72. The van der Waals surface area contributed by atoms with Crippen molar-refractivity contribution in [2.75, 3.05) is 11.9 Å². The van der Waals surface area contributed by atoms with E-state index in [2.05, 4.69) is 5.32 Å². The van der Waals surface area contributed by atoms with Gasteiger partial charge in [0.2, 0.25) is 0 Å². The number of benzene rings is 3. The average Bonchev–Trinajstić information content (AvgIpc) is 2.81. The molecule has 0 bridgehead atoms. The first-order valence-corrected chi connectivity index (χ1v) is 11.3. The van der Waals surface area contributed by atoms with Crippen LogP contribution in [-0.2, 0) is 17.5 Å². The minimum Gasteiger partial charge on any atom is -0.348 e. The smallest absolute Gasteiger partial charge is 0.348 e. The maximum Gasteiger partial charge on any atom is 0.416 e. The summed E-state index contributed by atoms with van der Waals surface area (Å²) in [6.45, 7) is 0.263. The first-order chi connectivity index (χ1) is 16.1. The van der Waals surface area contributed by atoms with Crippen molar-refractivity contribution >= 4 is 46.9 Å². The summed E-state index contributed by atoms with van der Waals surface area (Å²) in [5.41, 5.74) is 1.49. The van der Waals surface area contributed by atoms with E-state index >= 15 is 0 Å². The van der Waals surface area contributed by atoms with Crippen LogP contribution in [0.4, 0.5) is 18.9 Å². The summed E-state index contributed by atoms with van der Waals surface area (Å²) in [6, 6.07) is 16.9. The van der Waals surface area contributed by atoms with Gasteiger partial charge in [-0.3, -0.25) is 9.59 Å². The van der Waals surface area contributed by atoms with E-state index in [1.807, 2.05) is 18.2 Å². The van der Waals surface area contributed by atoms with E-state index in [-0.39, 0.29) is 18.4 Å². The Morgan fingerprint density at radius 1 is 1.09 bits per heavy atom. The van der Waals surface area contributed by atoms with Crippen LogP contribution >= 0.6 is 23.4 Å². The monoisotopic (exact) mass is 502 g/mol. The van der Waals surface area contributed by atoms with E-state index in [9.17, 15) is 22.8 Å². The first kappa shape index (κ1) is 23.9. The number of likely N-dealkylation sites (N-methyl/N-ethyl adjacent to an activating group) is 1. The maximum absolute atomic E-state index is 12.9. The van der Waals surface area contributed by atoms with Gasteiger partial charge >= 0.3 is 6.18 Å². The third kappa shape index (κ3) is 5.13. The number of fused-ring (bicyclic) bond motifs is 1. The molecule has 0 saturated carbocycles. The molecule has 1 aliphatic rings. The van der Waals surface area contributed by atoms with Gasteiger partial charge in [-0.2, -0.15) is 13.2 Å². The fourth-order valence-electron chi connectivity index (χ4n) is 3.37. The van der Waals surface area contributed by atoms with Crippen molar-refractivity contribution in [3.05, 3.63) is 98.9 Å². The zero-order valence-corrected chi connectivity index (χ0v) is 19.4. The zero-order chi connectivity index (χ0) is 24.5. The fourth-order valence-corrected chi connectivity index (χ4v) is 4.67. The summed E-state index contributed by atoms with van der Waals surface area (Å²) in [7, 11) is 1.59. The molecule has 4 rings (SSSR count). The van der Waals surface area contributed by atoms with E-state index in [1.54, 1.807) is 37.4 Å². The topological polar surface area (TPSA) is 49.4 Å². The maximum atomic E-state index is 12.9. The van der Waals surface area contributed by atoms with Crippen molar-refractivity contribution in [1.82, 2.24) is 5.32 Å². The third-order valence-corrected chi connectivity index (χ3v) is 6.70. The van der Waals surface area contributed by atoms with Crippen molar-refractivity contribution in [3.63, 3.8) is 0 Å². The quantitative estimate of drug-likeness (QED) is 0.420. The van der Waals surface area contributed by atoms with Gasteiger partial charge in [-0.25, -0.2) is 0 Å². The number of hydrogen-bond donors (Lipinski definition) is 1. The number of thioether (sulfide) groups is 1. The minimum absolute atomic E-state index is 0.263. The van der Waals surface area contributed by atoms with E-state index in [0.29, 0.717) is 26.7 Å². The number of carbonyl (C=O) groups is 2. The number of nitrogens with one attached hydrogen (secondary N) is 1. The second kappa shape index (κ2) is 9.56. The molecule has 0 unspecified atom stereocenters. The molecule has 174 valence electrons. The molecular weight excluding hydrogens is 485 g/mol. The number of carbonyl (C=O) groups excluding carboxylic acids is 2. The predicted octanol–water partition coefficient (Wildman–Crippen LogP) is 6.40. The Labute approximate surface area is 203 Å². The van der Waals surface area contributed by atoms with Gasteiger partial charge in [-0.15, -0.1) is 0 Å². The van der Waals surface area contributed by atoms with Gasteiger partial charge in [0.25, 0.3) is 11.8 Å². The van der Waals surface area contributed by atoms with Crippen LogP contribution in [0.5, 0.6) is 0 Å². The number of hydrogen-bond acceptors (Lipinski definition) is 3. The normalized spacial score (nSPS) is 14.8. The second-order valence-corrected chi connectivity index (χ2v) is 9.04. The molecule has 0 atom stereocenters. The lowest BCUT2D eigenvalue weighted by Gasteiger charge is -2.27. The van der Waals surface area contributed by atoms with Crippen molar-refractivity contribution < 1.29 is 22.8 Å². The Balaban J connectivity index is 1.52. The largest absolute Gasteiger partial charge is 0.416 e. The van der Waals surface area contributed by atoms with Crippen LogP contribution in [-0.4, -0.2) is 18.9 Å². The second-order valence-electron chi connectivity index (χ2n) is 7.55. The highest BCUT2D eigenvalue weighted by molar-refractivity contribution is 8.04. The van der Waals surface area contributed by atoms with E-state index in [4.69, 9.17) is 11.6 Å². The van der Waals surface area contributed by atoms with Gasteiger partial charge in [0.05, 0.1) is 16.2 Å². The Bertz CT molecular complexity index is 1290. The summed E-state index contributed by atoms with van der Waals surface area (Å²) < 4.78 is 38.4. The van der Waals surface area contributed by atoms with E-state index < -0.39 is 11.7 Å². The molecule has 0 saturated heterocycles. The van der Waals surface area contributed by atoms with E-state index in [0.717, 1.165) is 22.6 Å². The number of anilines is 1. The van der Waals surface area contributed by atoms with Gasteiger partial charge in [0.1, 0.15) is 0 Å². The predicted molar refractivity (Wildman–Crippen MR) is 128 cm³/mol. The molecule has 9 heteroatoms. The van der Waals surface area contributed by atoms with Gasteiger partial charge in [0.15, 0.2) is 0 Å². The molecule has 0 aliphatic carbocycles. The molecule has 0 spiro atoms. The van der Waals surface area contributed by atoms with Crippen LogP contribution in [0.15, 0.2) is 76.5 Å². The van der Waals surface area contributed by atoms with Crippen molar-refractivity contribution in [3.8, 4) is 0 Å². The molecule has 3 aromatic rings. The number of nitrogens with zero attached hydrogens (tertiary/aromatic N) is 1. The fraction of sp³-hybridized carbons (Fsp3) is 0.120. The number of rotatable bonds is 4. The van der Waals surface area contributed by atoms with Crippen LogP contribution < -0.4 is 10.2 Å². The molecule has 0 radical (unpaired) electrons. The molecular formula is C25H18ClF3N2O2S. The lowest BCUT2D eigenvalue weighted by Crippen LogP contribution is -2.31. The number of alkyl halides is 3. The lowest BCUT2D eigenvalue weighted by molar-refractivity contribution is -0.137. The number of halogens is 4. The molecule has 3 aromatic carbocycles. The Morgan fingerprint density at radius 2 is 1.79 bits per heavy atom. The Morgan fingerprint density at radius 3 is 2.47 bits per heavy atom.